The highest BCUT2D eigenvalue weighted by molar-refractivity contribution is 6.17. The molecule has 136 valence electrons. The Hall–Kier alpha value is -2.42. The van der Waals surface area contributed by atoms with Crippen molar-refractivity contribution < 1.29 is 0 Å². The number of rotatable bonds is 0. The summed E-state index contributed by atoms with van der Waals surface area (Å²) >= 11 is 0. The maximum absolute atomic E-state index is 2.24. The van der Waals surface area contributed by atoms with Gasteiger partial charge in [-0.2, -0.15) is 0 Å². The Bertz CT molecular complexity index is 885. The average Bonchev–Trinajstić information content (AvgIpc) is 2.60. The molecule has 0 bridgehead atoms. The van der Waals surface area contributed by atoms with E-state index >= 15 is 0 Å². The highest BCUT2D eigenvalue weighted by atomic mass is 15.0. The maximum atomic E-state index is 2.24. The number of hydrogen-bond donors (Lipinski definition) is 0. The third-order valence-corrected chi connectivity index (χ3v) is 3.65. The van der Waals surface area contributed by atoms with E-state index in [9.17, 15) is 0 Å². The Morgan fingerprint density at radius 3 is 1.04 bits per heavy atom. The molecule has 0 amide bonds. The van der Waals surface area contributed by atoms with E-state index in [1.807, 2.05) is 52.1 Å². The summed E-state index contributed by atoms with van der Waals surface area (Å²) in [6.07, 6.45) is 0. The first-order valence-electron chi connectivity index (χ1n) is 8.91. The van der Waals surface area contributed by atoms with Crippen molar-refractivity contribution >= 4 is 32.3 Å². The zero-order chi connectivity index (χ0) is 19.1. The van der Waals surface area contributed by atoms with Gasteiger partial charge >= 0.3 is 0 Å². The van der Waals surface area contributed by atoms with Crippen LogP contribution in [0.4, 0.5) is 0 Å². The van der Waals surface area contributed by atoms with Gasteiger partial charge in [0.1, 0.15) is 0 Å². The summed E-state index contributed by atoms with van der Waals surface area (Å²) in [4.78, 5) is 4.00. The number of hydrogen-bond acceptors (Lipinski definition) is 2. The fraction of sp³-hybridized carbons (Fsp3) is 0.250. The van der Waals surface area contributed by atoms with E-state index in [2.05, 4.69) is 72.8 Å². The minimum absolute atomic E-state index is 1.31. The van der Waals surface area contributed by atoms with Crippen molar-refractivity contribution in [1.29, 1.82) is 0 Å². The van der Waals surface area contributed by atoms with E-state index in [4.69, 9.17) is 0 Å². The number of fused-ring (bicyclic) bond motifs is 5. The standard InChI is InChI=1S/C18H12.2C3H9N/c1-3-7-15-13(5-1)9-11-18-16-8-4-2-6-14(16)10-12-17(15)18;2*1-4(2)3/h1-12H;2*1-3H3. The molecule has 0 aromatic heterocycles. The van der Waals surface area contributed by atoms with E-state index in [1.165, 1.54) is 32.3 Å². The molecule has 0 aliphatic carbocycles. The average molecular weight is 347 g/mol. The minimum atomic E-state index is 1.31. The summed E-state index contributed by atoms with van der Waals surface area (Å²) in [5.74, 6) is 0. The van der Waals surface area contributed by atoms with Crippen LogP contribution in [-0.2, 0) is 0 Å². The molecular weight excluding hydrogens is 316 g/mol. The Labute approximate surface area is 157 Å². The first kappa shape index (κ1) is 19.9. The highest BCUT2D eigenvalue weighted by Crippen LogP contribution is 2.30. The van der Waals surface area contributed by atoms with Crippen molar-refractivity contribution in [2.24, 2.45) is 0 Å². The molecule has 0 aliphatic heterocycles. The van der Waals surface area contributed by atoms with Gasteiger partial charge in [0.25, 0.3) is 0 Å². The predicted octanol–water partition coefficient (Wildman–Crippen LogP) is 5.50. The Balaban J connectivity index is 0.000000261. The van der Waals surface area contributed by atoms with Gasteiger partial charge in [-0.15, -0.1) is 0 Å². The van der Waals surface area contributed by atoms with Crippen LogP contribution in [-0.4, -0.2) is 52.1 Å². The third-order valence-electron chi connectivity index (χ3n) is 3.65. The first-order chi connectivity index (χ1) is 12.4. The van der Waals surface area contributed by atoms with Crippen LogP contribution in [0.5, 0.6) is 0 Å². The van der Waals surface area contributed by atoms with E-state index < -0.39 is 0 Å². The molecule has 0 radical (unpaired) electrons. The van der Waals surface area contributed by atoms with Crippen molar-refractivity contribution in [1.82, 2.24) is 9.80 Å². The lowest BCUT2D eigenvalue weighted by molar-refractivity contribution is 0.505. The summed E-state index contributed by atoms with van der Waals surface area (Å²) in [5, 5.41) is 7.96. The number of nitrogens with zero attached hydrogens (tertiary/aromatic N) is 2. The fourth-order valence-corrected chi connectivity index (χ4v) is 2.77. The van der Waals surface area contributed by atoms with E-state index in [1.54, 1.807) is 0 Å². The van der Waals surface area contributed by atoms with Crippen LogP contribution < -0.4 is 0 Å². The number of benzene rings is 4. The Kier molecular flexibility index (Phi) is 7.14. The van der Waals surface area contributed by atoms with Crippen molar-refractivity contribution in [2.45, 2.75) is 0 Å². The SMILES string of the molecule is CN(C)C.CN(C)C.c1ccc2c(c1)ccc1c3ccccc3ccc21. The first-order valence-corrected chi connectivity index (χ1v) is 8.91. The summed E-state index contributed by atoms with van der Waals surface area (Å²) in [7, 11) is 12.0. The Morgan fingerprint density at radius 2 is 0.692 bits per heavy atom. The molecule has 0 spiro atoms. The molecule has 4 aromatic rings. The summed E-state index contributed by atoms with van der Waals surface area (Å²) in [6, 6.07) is 26.0. The highest BCUT2D eigenvalue weighted by Gasteiger charge is 2.03. The molecule has 0 aliphatic rings. The summed E-state index contributed by atoms with van der Waals surface area (Å²) in [6.45, 7) is 0. The predicted molar refractivity (Wildman–Crippen MR) is 118 cm³/mol. The van der Waals surface area contributed by atoms with Crippen molar-refractivity contribution in [2.75, 3.05) is 42.3 Å². The summed E-state index contributed by atoms with van der Waals surface area (Å²) < 4.78 is 0. The van der Waals surface area contributed by atoms with Crippen LogP contribution in [0.1, 0.15) is 0 Å². The fourth-order valence-electron chi connectivity index (χ4n) is 2.77. The zero-order valence-corrected chi connectivity index (χ0v) is 16.8. The molecule has 2 nitrogen and oxygen atoms in total. The maximum Gasteiger partial charge on any atom is -0.00990 e. The molecule has 4 rings (SSSR count). The normalized spacial score (nSPS) is 10.6. The lowest BCUT2D eigenvalue weighted by Gasteiger charge is -2.07. The second-order valence-corrected chi connectivity index (χ2v) is 7.35. The van der Waals surface area contributed by atoms with Gasteiger partial charge in [0, 0.05) is 0 Å². The molecule has 0 saturated heterocycles. The Morgan fingerprint density at radius 1 is 0.385 bits per heavy atom. The van der Waals surface area contributed by atoms with Gasteiger partial charge in [0.15, 0.2) is 0 Å². The topological polar surface area (TPSA) is 6.48 Å². The minimum Gasteiger partial charge on any atom is -0.312 e. The van der Waals surface area contributed by atoms with E-state index in [0.717, 1.165) is 0 Å². The van der Waals surface area contributed by atoms with Gasteiger partial charge in [0.05, 0.1) is 0 Å². The van der Waals surface area contributed by atoms with Gasteiger partial charge in [-0.25, -0.2) is 0 Å². The van der Waals surface area contributed by atoms with Gasteiger partial charge < -0.3 is 9.80 Å². The molecule has 0 atom stereocenters. The molecular formula is C24H30N2. The van der Waals surface area contributed by atoms with E-state index in [0.29, 0.717) is 0 Å². The molecule has 26 heavy (non-hydrogen) atoms. The molecule has 2 heteroatoms. The molecule has 0 heterocycles. The summed E-state index contributed by atoms with van der Waals surface area (Å²) in [5.41, 5.74) is 0. The largest absolute Gasteiger partial charge is 0.312 e. The monoisotopic (exact) mass is 346 g/mol. The zero-order valence-electron chi connectivity index (χ0n) is 16.8. The van der Waals surface area contributed by atoms with Crippen LogP contribution in [0.15, 0.2) is 72.8 Å². The lowest BCUT2D eigenvalue weighted by atomic mass is 9.97. The molecule has 0 N–H and O–H groups in total. The van der Waals surface area contributed by atoms with Crippen LogP contribution in [0.2, 0.25) is 0 Å². The lowest BCUT2D eigenvalue weighted by Crippen LogP contribution is -1.99. The molecule has 0 saturated carbocycles. The third kappa shape index (κ3) is 5.29. The smallest absolute Gasteiger partial charge is 0.00990 e. The molecule has 0 fully saturated rings. The van der Waals surface area contributed by atoms with Gasteiger partial charge in [0.2, 0.25) is 0 Å². The van der Waals surface area contributed by atoms with Crippen LogP contribution in [0.3, 0.4) is 0 Å². The van der Waals surface area contributed by atoms with Gasteiger partial charge in [-0.05, 0) is 74.6 Å². The second kappa shape index (κ2) is 9.33. The van der Waals surface area contributed by atoms with Crippen LogP contribution in [0, 0.1) is 0 Å². The van der Waals surface area contributed by atoms with Crippen LogP contribution >= 0.6 is 0 Å². The van der Waals surface area contributed by atoms with Gasteiger partial charge in [-0.1, -0.05) is 72.8 Å². The molecule has 4 aromatic carbocycles. The molecule has 0 unspecified atom stereocenters. The second-order valence-electron chi connectivity index (χ2n) is 7.35. The quantitative estimate of drug-likeness (QED) is 0.388. The van der Waals surface area contributed by atoms with Crippen molar-refractivity contribution in [3.63, 3.8) is 0 Å². The van der Waals surface area contributed by atoms with Crippen molar-refractivity contribution in [3.8, 4) is 0 Å². The van der Waals surface area contributed by atoms with Crippen molar-refractivity contribution in [3.05, 3.63) is 72.8 Å². The van der Waals surface area contributed by atoms with E-state index in [-0.39, 0.29) is 0 Å². The van der Waals surface area contributed by atoms with Gasteiger partial charge in [-0.3, -0.25) is 0 Å². The van der Waals surface area contributed by atoms with Crippen LogP contribution in [0.25, 0.3) is 32.3 Å².